The molecule has 0 saturated carbocycles. The summed E-state index contributed by atoms with van der Waals surface area (Å²) in [6.45, 7) is 1.67. The number of hydrogen-bond donors (Lipinski definition) is 0. The van der Waals surface area contributed by atoms with Gasteiger partial charge < -0.3 is 0 Å². The van der Waals surface area contributed by atoms with Crippen LogP contribution in [0.1, 0.15) is 18.9 Å². The lowest BCUT2D eigenvalue weighted by Gasteiger charge is -2.10. The van der Waals surface area contributed by atoms with Crippen molar-refractivity contribution in [3.05, 3.63) is 29.8 Å². The predicted octanol–water partition coefficient (Wildman–Crippen LogP) is 3.12. The Morgan fingerprint density at radius 1 is 1.47 bits per heavy atom. The SMILES string of the molecule is CCC(C#N)S(=O)c1cccc(C(F)(F)F)c1. The second-order valence-electron chi connectivity index (χ2n) is 3.35. The fourth-order valence-corrected chi connectivity index (χ4v) is 2.44. The van der Waals surface area contributed by atoms with Crippen molar-refractivity contribution in [3.8, 4) is 6.07 Å². The van der Waals surface area contributed by atoms with E-state index in [1.165, 1.54) is 12.1 Å². The summed E-state index contributed by atoms with van der Waals surface area (Å²) in [6, 6.07) is 6.10. The van der Waals surface area contributed by atoms with Gasteiger partial charge >= 0.3 is 6.18 Å². The quantitative estimate of drug-likeness (QED) is 0.838. The maximum absolute atomic E-state index is 12.4. The molecule has 0 N–H and O–H groups in total. The van der Waals surface area contributed by atoms with Crippen molar-refractivity contribution < 1.29 is 17.4 Å². The molecular weight excluding hydrogens is 251 g/mol. The van der Waals surface area contributed by atoms with Gasteiger partial charge in [0.1, 0.15) is 5.25 Å². The maximum Gasteiger partial charge on any atom is 0.416 e. The van der Waals surface area contributed by atoms with Gasteiger partial charge in [-0.3, -0.25) is 4.21 Å². The lowest BCUT2D eigenvalue weighted by atomic mass is 10.2. The van der Waals surface area contributed by atoms with E-state index >= 15 is 0 Å². The Kier molecular flexibility index (Phi) is 4.29. The van der Waals surface area contributed by atoms with E-state index in [1.807, 2.05) is 6.07 Å². The molecule has 92 valence electrons. The van der Waals surface area contributed by atoms with Crippen LogP contribution in [0.5, 0.6) is 0 Å². The van der Waals surface area contributed by atoms with E-state index in [4.69, 9.17) is 5.26 Å². The summed E-state index contributed by atoms with van der Waals surface area (Å²) >= 11 is 0. The van der Waals surface area contributed by atoms with Crippen molar-refractivity contribution in [2.75, 3.05) is 0 Å². The van der Waals surface area contributed by atoms with E-state index in [9.17, 15) is 17.4 Å². The largest absolute Gasteiger partial charge is 0.416 e. The molecular formula is C11H10F3NOS. The maximum atomic E-state index is 12.4. The van der Waals surface area contributed by atoms with E-state index < -0.39 is 27.8 Å². The Labute approximate surface area is 99.5 Å². The second-order valence-corrected chi connectivity index (χ2v) is 4.98. The Morgan fingerprint density at radius 2 is 2.12 bits per heavy atom. The van der Waals surface area contributed by atoms with Gasteiger partial charge in [-0.25, -0.2) is 0 Å². The van der Waals surface area contributed by atoms with Gasteiger partial charge in [0.25, 0.3) is 0 Å². The summed E-state index contributed by atoms with van der Waals surface area (Å²) in [5.74, 6) is 0. The predicted molar refractivity (Wildman–Crippen MR) is 57.5 cm³/mol. The Balaban J connectivity index is 3.09. The van der Waals surface area contributed by atoms with Crippen LogP contribution in [0.4, 0.5) is 13.2 Å². The zero-order valence-corrected chi connectivity index (χ0v) is 9.81. The third kappa shape index (κ3) is 3.30. The first-order valence-electron chi connectivity index (χ1n) is 4.87. The van der Waals surface area contributed by atoms with Gasteiger partial charge in [0.2, 0.25) is 0 Å². The Bertz CT molecular complexity index is 465. The fourth-order valence-electron chi connectivity index (χ4n) is 1.25. The first-order chi connectivity index (χ1) is 7.90. The topological polar surface area (TPSA) is 40.9 Å². The number of rotatable bonds is 3. The molecule has 0 spiro atoms. The van der Waals surface area contributed by atoms with Crippen LogP contribution in [0.3, 0.4) is 0 Å². The number of benzene rings is 1. The number of hydrogen-bond acceptors (Lipinski definition) is 2. The molecule has 1 aromatic carbocycles. The molecule has 0 radical (unpaired) electrons. The summed E-state index contributed by atoms with van der Waals surface area (Å²) < 4.78 is 49.1. The van der Waals surface area contributed by atoms with Crippen LogP contribution in [0, 0.1) is 11.3 Å². The first-order valence-corrected chi connectivity index (χ1v) is 6.09. The van der Waals surface area contributed by atoms with Gasteiger partial charge in [-0.2, -0.15) is 18.4 Å². The molecule has 2 atom stereocenters. The molecule has 0 aliphatic carbocycles. The number of halogens is 3. The van der Waals surface area contributed by atoms with Gasteiger partial charge in [0.05, 0.1) is 22.4 Å². The summed E-state index contributed by atoms with van der Waals surface area (Å²) in [5.41, 5.74) is -0.851. The molecule has 6 heteroatoms. The second kappa shape index (κ2) is 5.32. The molecule has 1 aromatic rings. The molecule has 0 amide bonds. The lowest BCUT2D eigenvalue weighted by molar-refractivity contribution is -0.137. The standard InChI is InChI=1S/C11H10F3NOS/c1-2-9(7-15)17(16)10-5-3-4-8(6-10)11(12,13)14/h3-6,9H,2H2,1H3. The molecule has 17 heavy (non-hydrogen) atoms. The minimum atomic E-state index is -4.46. The van der Waals surface area contributed by atoms with Crippen LogP contribution in [-0.2, 0) is 17.0 Å². The van der Waals surface area contributed by atoms with Crippen molar-refractivity contribution in [2.45, 2.75) is 29.7 Å². The van der Waals surface area contributed by atoms with Crippen molar-refractivity contribution in [1.82, 2.24) is 0 Å². The highest BCUT2D eigenvalue weighted by Gasteiger charge is 2.31. The Hall–Kier alpha value is -1.35. The van der Waals surface area contributed by atoms with E-state index in [2.05, 4.69) is 0 Å². The highest BCUT2D eigenvalue weighted by atomic mass is 32.2. The molecule has 0 saturated heterocycles. The Morgan fingerprint density at radius 3 is 2.59 bits per heavy atom. The number of nitrogens with zero attached hydrogens (tertiary/aromatic N) is 1. The molecule has 2 unspecified atom stereocenters. The zero-order valence-electron chi connectivity index (χ0n) is 8.99. The van der Waals surface area contributed by atoms with Crippen molar-refractivity contribution in [2.24, 2.45) is 0 Å². The molecule has 0 aliphatic rings. The monoisotopic (exact) mass is 261 g/mol. The van der Waals surface area contributed by atoms with E-state index in [0.717, 1.165) is 12.1 Å². The average Bonchev–Trinajstić information content (AvgIpc) is 2.29. The summed E-state index contributed by atoms with van der Waals surface area (Å²) in [7, 11) is -1.73. The summed E-state index contributed by atoms with van der Waals surface area (Å²) in [6.07, 6.45) is -4.13. The smallest absolute Gasteiger partial charge is 0.253 e. The zero-order chi connectivity index (χ0) is 13.1. The van der Waals surface area contributed by atoms with Crippen molar-refractivity contribution in [3.63, 3.8) is 0 Å². The van der Waals surface area contributed by atoms with Gasteiger partial charge in [-0.15, -0.1) is 0 Å². The lowest BCUT2D eigenvalue weighted by Crippen LogP contribution is -2.13. The van der Waals surface area contributed by atoms with Gasteiger partial charge in [-0.05, 0) is 24.6 Å². The normalized spacial score (nSPS) is 15.0. The first kappa shape index (κ1) is 13.7. The third-order valence-electron chi connectivity index (χ3n) is 2.17. The molecule has 2 nitrogen and oxygen atoms in total. The third-order valence-corrected chi connectivity index (χ3v) is 3.84. The van der Waals surface area contributed by atoms with Crippen molar-refractivity contribution in [1.29, 1.82) is 5.26 Å². The van der Waals surface area contributed by atoms with Crippen LogP contribution in [0.2, 0.25) is 0 Å². The molecule has 0 bridgehead atoms. The summed E-state index contributed by atoms with van der Waals surface area (Å²) in [4.78, 5) is 0.0354. The number of alkyl halides is 3. The van der Waals surface area contributed by atoms with Gasteiger partial charge in [0.15, 0.2) is 0 Å². The van der Waals surface area contributed by atoms with E-state index in [0.29, 0.717) is 6.42 Å². The van der Waals surface area contributed by atoms with Crippen LogP contribution in [0.25, 0.3) is 0 Å². The molecule has 0 heterocycles. The van der Waals surface area contributed by atoms with E-state index in [-0.39, 0.29) is 4.90 Å². The minimum Gasteiger partial charge on any atom is -0.253 e. The van der Waals surface area contributed by atoms with Gasteiger partial charge in [-0.1, -0.05) is 13.0 Å². The highest BCUT2D eigenvalue weighted by Crippen LogP contribution is 2.30. The average molecular weight is 261 g/mol. The highest BCUT2D eigenvalue weighted by molar-refractivity contribution is 7.86. The van der Waals surface area contributed by atoms with Crippen LogP contribution in [-0.4, -0.2) is 9.46 Å². The number of nitriles is 1. The van der Waals surface area contributed by atoms with Crippen LogP contribution >= 0.6 is 0 Å². The molecule has 0 fully saturated rings. The van der Waals surface area contributed by atoms with Gasteiger partial charge in [0, 0.05) is 4.90 Å². The van der Waals surface area contributed by atoms with E-state index in [1.54, 1.807) is 6.92 Å². The molecule has 1 rings (SSSR count). The van der Waals surface area contributed by atoms with Crippen molar-refractivity contribution >= 4 is 10.8 Å². The molecule has 0 aliphatic heterocycles. The minimum absolute atomic E-state index is 0.0354. The van der Waals surface area contributed by atoms with Crippen LogP contribution in [0.15, 0.2) is 29.2 Å². The molecule has 0 aromatic heterocycles. The summed E-state index contributed by atoms with van der Waals surface area (Å²) in [5, 5.41) is 7.94. The fraction of sp³-hybridized carbons (Fsp3) is 0.364. The van der Waals surface area contributed by atoms with Crippen LogP contribution < -0.4 is 0 Å².